The Morgan fingerprint density at radius 1 is 1.00 bits per heavy atom. The molecule has 0 aliphatic carbocycles. The molecule has 102 valence electrons. The lowest BCUT2D eigenvalue weighted by Gasteiger charge is -2.04. The number of nitrogens with zero attached hydrogens (tertiary/aromatic N) is 3. The number of aromatic nitrogens is 3. The number of hydrogen-bond acceptors (Lipinski definition) is 3. The van der Waals surface area contributed by atoms with Crippen molar-refractivity contribution in [1.82, 2.24) is 14.4 Å². The van der Waals surface area contributed by atoms with Gasteiger partial charge in [-0.3, -0.25) is 4.40 Å². The van der Waals surface area contributed by atoms with Crippen LogP contribution in [0.3, 0.4) is 0 Å². The molecule has 0 bridgehead atoms. The van der Waals surface area contributed by atoms with Crippen molar-refractivity contribution < 1.29 is 0 Å². The summed E-state index contributed by atoms with van der Waals surface area (Å²) in [6.45, 7) is 14.1. The summed E-state index contributed by atoms with van der Waals surface area (Å²) in [6.07, 6.45) is 2.01. The maximum Gasteiger partial charge on any atom is 0.180 e. The molecule has 4 heteroatoms. The van der Waals surface area contributed by atoms with Gasteiger partial charge in [-0.1, -0.05) is 27.7 Å². The molecular weight excluding hydrogens is 224 g/mol. The molecule has 0 saturated carbocycles. The number of anilines is 1. The number of aryl methyl sites for hydroxylation is 3. The summed E-state index contributed by atoms with van der Waals surface area (Å²) in [6, 6.07) is 0. The first-order valence-electron chi connectivity index (χ1n) is 6.64. The van der Waals surface area contributed by atoms with Crippen molar-refractivity contribution in [3.63, 3.8) is 0 Å². The summed E-state index contributed by atoms with van der Waals surface area (Å²) in [4.78, 5) is 8.84. The first-order valence-corrected chi connectivity index (χ1v) is 6.64. The number of nitrogens with one attached hydrogen (secondary N) is 1. The highest BCUT2D eigenvalue weighted by molar-refractivity contribution is 5.64. The van der Waals surface area contributed by atoms with Gasteiger partial charge < -0.3 is 5.32 Å². The predicted octanol–water partition coefficient (Wildman–Crippen LogP) is 3.75. The molecule has 0 saturated heterocycles. The molecule has 0 aliphatic heterocycles. The zero-order valence-corrected chi connectivity index (χ0v) is 12.9. The average Bonchev–Trinajstić information content (AvgIpc) is 2.70. The van der Waals surface area contributed by atoms with Gasteiger partial charge in [0.25, 0.3) is 0 Å². The first-order chi connectivity index (χ1) is 8.63. The molecule has 0 unspecified atom stereocenters. The Labute approximate surface area is 110 Å². The van der Waals surface area contributed by atoms with Crippen LogP contribution in [0.2, 0.25) is 0 Å². The number of hydrogen-bond donors (Lipinski definition) is 1. The molecule has 0 aliphatic rings. The highest BCUT2D eigenvalue weighted by Gasteiger charge is 2.09. The van der Waals surface area contributed by atoms with Gasteiger partial charge in [0.05, 0.1) is 11.4 Å². The molecule has 18 heavy (non-hydrogen) atoms. The summed E-state index contributed by atoms with van der Waals surface area (Å²) < 4.78 is 2.07. The van der Waals surface area contributed by atoms with Crippen molar-refractivity contribution >= 4 is 11.5 Å². The molecule has 2 aromatic rings. The van der Waals surface area contributed by atoms with E-state index in [2.05, 4.69) is 26.6 Å². The van der Waals surface area contributed by atoms with Crippen LogP contribution in [0.5, 0.6) is 0 Å². The van der Waals surface area contributed by atoms with Crippen LogP contribution in [-0.4, -0.2) is 21.4 Å². The second-order valence-electron chi connectivity index (χ2n) is 3.46. The maximum atomic E-state index is 4.46. The lowest BCUT2D eigenvalue weighted by Crippen LogP contribution is -2.00. The van der Waals surface area contributed by atoms with E-state index in [9.17, 15) is 0 Å². The summed E-state index contributed by atoms with van der Waals surface area (Å²) in [5.74, 6) is 0.834. The third kappa shape index (κ3) is 3.22. The van der Waals surface area contributed by atoms with Crippen molar-refractivity contribution in [2.75, 3.05) is 12.4 Å². The Balaban J connectivity index is 0.000000659. The van der Waals surface area contributed by atoms with Crippen molar-refractivity contribution in [1.29, 1.82) is 0 Å². The lowest BCUT2D eigenvalue weighted by atomic mass is 10.4. The Bertz CT molecular complexity index is 486. The van der Waals surface area contributed by atoms with Gasteiger partial charge in [-0.05, 0) is 20.8 Å². The number of rotatable bonds is 1. The Hall–Kier alpha value is -1.58. The monoisotopic (exact) mass is 250 g/mol. The van der Waals surface area contributed by atoms with Crippen molar-refractivity contribution in [3.8, 4) is 0 Å². The molecule has 0 fully saturated rings. The fourth-order valence-corrected chi connectivity index (χ4v) is 1.56. The van der Waals surface area contributed by atoms with Crippen LogP contribution >= 0.6 is 0 Å². The Morgan fingerprint density at radius 3 is 2.06 bits per heavy atom. The molecular formula is C14H26N4. The molecule has 2 aromatic heterocycles. The van der Waals surface area contributed by atoms with Gasteiger partial charge in [0.15, 0.2) is 11.5 Å². The van der Waals surface area contributed by atoms with Crippen LogP contribution in [0.15, 0.2) is 6.20 Å². The quantitative estimate of drug-likeness (QED) is 0.838. The van der Waals surface area contributed by atoms with Crippen LogP contribution in [0.4, 0.5) is 5.82 Å². The standard InChI is InChI=1S/C10H14N4.2C2H6/c1-6-5-14-8(3)7(2)13-10(14)9(11-4)12-6;2*1-2/h5H,1-4H3,(H,11,12);2*1-2H3. The third-order valence-electron chi connectivity index (χ3n) is 2.44. The highest BCUT2D eigenvalue weighted by atomic mass is 15.1. The molecule has 0 amide bonds. The minimum atomic E-state index is 0.834. The summed E-state index contributed by atoms with van der Waals surface area (Å²) >= 11 is 0. The Kier molecular flexibility index (Phi) is 7.01. The summed E-state index contributed by atoms with van der Waals surface area (Å²) in [5.41, 5.74) is 4.10. The molecule has 0 atom stereocenters. The SMILES string of the molecule is CC.CC.CNc1nc(C)cn2c(C)c(C)nc12. The van der Waals surface area contributed by atoms with Gasteiger partial charge in [-0.2, -0.15) is 0 Å². The van der Waals surface area contributed by atoms with Crippen LogP contribution in [0.1, 0.15) is 44.8 Å². The minimum Gasteiger partial charge on any atom is -0.370 e. The van der Waals surface area contributed by atoms with E-state index in [4.69, 9.17) is 0 Å². The van der Waals surface area contributed by atoms with Gasteiger partial charge in [-0.15, -0.1) is 0 Å². The van der Waals surface area contributed by atoms with E-state index in [1.54, 1.807) is 0 Å². The van der Waals surface area contributed by atoms with Gasteiger partial charge in [0, 0.05) is 18.9 Å². The second kappa shape index (κ2) is 7.69. The van der Waals surface area contributed by atoms with Crippen molar-refractivity contribution in [3.05, 3.63) is 23.3 Å². The minimum absolute atomic E-state index is 0.834. The van der Waals surface area contributed by atoms with Crippen LogP contribution < -0.4 is 5.32 Å². The van der Waals surface area contributed by atoms with E-state index in [-0.39, 0.29) is 0 Å². The topological polar surface area (TPSA) is 42.2 Å². The first kappa shape index (κ1) is 16.4. The predicted molar refractivity (Wildman–Crippen MR) is 79.4 cm³/mol. The van der Waals surface area contributed by atoms with Gasteiger partial charge in [0.2, 0.25) is 0 Å². The number of fused-ring (bicyclic) bond motifs is 1. The zero-order chi connectivity index (χ0) is 14.3. The van der Waals surface area contributed by atoms with E-state index in [1.165, 1.54) is 5.69 Å². The maximum absolute atomic E-state index is 4.46. The molecule has 2 rings (SSSR count). The fraction of sp³-hybridized carbons (Fsp3) is 0.571. The lowest BCUT2D eigenvalue weighted by molar-refractivity contribution is 1.03. The highest BCUT2D eigenvalue weighted by Crippen LogP contribution is 2.17. The second-order valence-corrected chi connectivity index (χ2v) is 3.46. The van der Waals surface area contributed by atoms with E-state index in [0.29, 0.717) is 0 Å². The van der Waals surface area contributed by atoms with Gasteiger partial charge in [0.1, 0.15) is 0 Å². The fourth-order valence-electron chi connectivity index (χ4n) is 1.56. The molecule has 0 aromatic carbocycles. The third-order valence-corrected chi connectivity index (χ3v) is 2.44. The summed E-state index contributed by atoms with van der Waals surface area (Å²) in [5, 5.41) is 3.06. The largest absolute Gasteiger partial charge is 0.370 e. The Morgan fingerprint density at radius 2 is 1.56 bits per heavy atom. The van der Waals surface area contributed by atoms with Crippen LogP contribution in [-0.2, 0) is 0 Å². The van der Waals surface area contributed by atoms with E-state index in [0.717, 1.165) is 22.9 Å². The molecule has 1 N–H and O–H groups in total. The molecule has 0 radical (unpaired) electrons. The van der Waals surface area contributed by atoms with Gasteiger partial charge in [-0.25, -0.2) is 9.97 Å². The van der Waals surface area contributed by atoms with E-state index in [1.807, 2.05) is 54.8 Å². The van der Waals surface area contributed by atoms with E-state index < -0.39 is 0 Å². The molecule has 4 nitrogen and oxygen atoms in total. The molecule has 2 heterocycles. The van der Waals surface area contributed by atoms with Crippen molar-refractivity contribution in [2.24, 2.45) is 0 Å². The van der Waals surface area contributed by atoms with Crippen LogP contribution in [0, 0.1) is 20.8 Å². The smallest absolute Gasteiger partial charge is 0.180 e. The molecule has 0 spiro atoms. The zero-order valence-electron chi connectivity index (χ0n) is 12.9. The summed E-state index contributed by atoms with van der Waals surface area (Å²) in [7, 11) is 1.86. The normalized spacial score (nSPS) is 9.11. The van der Waals surface area contributed by atoms with Gasteiger partial charge >= 0.3 is 0 Å². The average molecular weight is 250 g/mol. The van der Waals surface area contributed by atoms with Crippen molar-refractivity contribution in [2.45, 2.75) is 48.5 Å². The number of imidazole rings is 1. The van der Waals surface area contributed by atoms with Crippen LogP contribution in [0.25, 0.3) is 5.65 Å². The van der Waals surface area contributed by atoms with E-state index >= 15 is 0 Å².